The fourth-order valence-electron chi connectivity index (χ4n) is 11.8. The third kappa shape index (κ3) is 9.17. The van der Waals surface area contributed by atoms with Gasteiger partial charge in [-0.3, -0.25) is 0 Å². The molecule has 412 valence electrons. The Kier molecular flexibility index (Phi) is 10.8. The monoisotopic (exact) mass is 1290 g/mol. The first-order chi connectivity index (χ1) is 46.3. The molecule has 7 nitrogen and oxygen atoms in total. The average molecular weight is 1290 g/mol. The van der Waals surface area contributed by atoms with Gasteiger partial charge in [0.05, 0.1) is 24.7 Å². The van der Waals surface area contributed by atoms with Gasteiger partial charge >= 0.3 is 0 Å². The molecule has 15 aromatic rings. The summed E-state index contributed by atoms with van der Waals surface area (Å²) in [6, 6.07) is 77.3. The van der Waals surface area contributed by atoms with E-state index in [0.717, 1.165) is 66.0 Å². The van der Waals surface area contributed by atoms with Crippen LogP contribution in [0.5, 0.6) is 23.0 Å². The Balaban J connectivity index is 0.00000756. The predicted molar refractivity (Wildman–Crippen MR) is 347 cm³/mol. The van der Waals surface area contributed by atoms with Crippen molar-refractivity contribution >= 4 is 66.4 Å². The van der Waals surface area contributed by atoms with E-state index in [9.17, 15) is 0 Å². The molecule has 0 bridgehead atoms. The molecule has 0 saturated heterocycles. The smallest absolute Gasteiger partial charge is 0.143 e. The molecule has 0 fully saturated rings. The Morgan fingerprint density at radius 3 is 1.55 bits per heavy atom. The van der Waals surface area contributed by atoms with Crippen molar-refractivity contribution < 1.29 is 44.2 Å². The van der Waals surface area contributed by atoms with Crippen LogP contribution in [-0.2, 0) is 21.1 Å². The van der Waals surface area contributed by atoms with E-state index in [-0.39, 0.29) is 49.0 Å². The minimum absolute atomic E-state index is 0. The van der Waals surface area contributed by atoms with Crippen LogP contribution in [0.4, 0.5) is 22.7 Å². The van der Waals surface area contributed by atoms with Gasteiger partial charge in [-0.2, -0.15) is 12.1 Å². The minimum Gasteiger partial charge on any atom is -0.509 e. The molecule has 86 heavy (non-hydrogen) atoms. The molecular weight excluding hydrogens is 1230 g/mol. The number of anilines is 4. The van der Waals surface area contributed by atoms with E-state index < -0.39 is 60.4 Å². The Morgan fingerprint density at radius 1 is 0.407 bits per heavy atom. The third-order valence-electron chi connectivity index (χ3n) is 15.5. The summed E-state index contributed by atoms with van der Waals surface area (Å²) < 4.78 is 106. The fraction of sp³-hybridized carbons (Fsp3) is 0. The third-order valence-corrected chi connectivity index (χ3v) is 15.5. The summed E-state index contributed by atoms with van der Waals surface area (Å²) in [5.41, 5.74) is 10.5. The van der Waals surface area contributed by atoms with Crippen molar-refractivity contribution in [1.29, 1.82) is 0 Å². The summed E-state index contributed by atoms with van der Waals surface area (Å²) in [6.45, 7) is 1.74. The molecule has 0 N–H and O–H groups in total. The molecule has 1 aliphatic rings. The summed E-state index contributed by atoms with van der Waals surface area (Å²) in [5.74, 6) is 2.53. The average Bonchev–Trinajstić information content (AvgIpc) is 0.996. The van der Waals surface area contributed by atoms with Gasteiger partial charge in [0.15, 0.2) is 0 Å². The standard InChI is InChI=1S/C78H50N5O2.Pt/c1-5-23-53(24-6-1)62-36-22-37-63(54-25-7-2-8-26-54)77(62)81-52-80(73-41-19-20-42-74(73)81)57-31-21-32-59(47-57)84-60-43-44-67-66-35-15-18-40-72(66)83(75(67)50-60)76-51-61(45-46-79-76)85-78-68(55-27-9-3-10-28-55)48-58(49-69(78)56-29-11-4-12-30-56)82-70-38-16-13-33-64(70)65-34-14-17-39-71(65)82;/h1-46,48-49,51-52H;/q-3;/i1D,2D,5D,6D,7D,8D,23D,24D,25D,26D;. The predicted octanol–water partition coefficient (Wildman–Crippen LogP) is 20.5. The Hall–Kier alpha value is -10.7. The molecule has 0 saturated carbocycles. The number of nitrogens with zero attached hydrogens (tertiary/aromatic N) is 5. The molecule has 0 aliphatic carbocycles. The molecule has 12 aromatic carbocycles. The maximum absolute atomic E-state index is 9.12. The molecule has 16 rings (SSSR count). The number of benzene rings is 12. The summed E-state index contributed by atoms with van der Waals surface area (Å²) in [6.07, 6.45) is 1.75. The van der Waals surface area contributed by atoms with Crippen LogP contribution in [0.3, 0.4) is 0 Å². The maximum Gasteiger partial charge on any atom is 0.143 e. The van der Waals surface area contributed by atoms with Crippen molar-refractivity contribution in [2.75, 3.05) is 9.80 Å². The van der Waals surface area contributed by atoms with Crippen LogP contribution in [-0.4, -0.2) is 14.1 Å². The van der Waals surface area contributed by atoms with Crippen LogP contribution in [0.25, 0.3) is 99.6 Å². The summed E-state index contributed by atoms with van der Waals surface area (Å²) in [4.78, 5) is 8.60. The zero-order valence-electron chi connectivity index (χ0n) is 55.5. The van der Waals surface area contributed by atoms with Gasteiger partial charge in [0.25, 0.3) is 0 Å². The van der Waals surface area contributed by atoms with E-state index in [4.69, 9.17) is 28.2 Å². The summed E-state index contributed by atoms with van der Waals surface area (Å²) in [7, 11) is 0. The van der Waals surface area contributed by atoms with Gasteiger partial charge in [-0.1, -0.05) is 212 Å². The van der Waals surface area contributed by atoms with E-state index in [1.165, 1.54) is 0 Å². The second-order valence-corrected chi connectivity index (χ2v) is 20.4. The van der Waals surface area contributed by atoms with Crippen molar-refractivity contribution in [1.82, 2.24) is 14.1 Å². The number of fused-ring (bicyclic) bond motifs is 7. The van der Waals surface area contributed by atoms with Crippen molar-refractivity contribution in [2.45, 2.75) is 0 Å². The zero-order valence-corrected chi connectivity index (χ0v) is 47.7. The van der Waals surface area contributed by atoms with Crippen LogP contribution < -0.4 is 19.3 Å². The van der Waals surface area contributed by atoms with E-state index >= 15 is 0 Å². The number of para-hydroxylation sites is 6. The normalized spacial score (nSPS) is 13.6. The number of hydrogen-bond donors (Lipinski definition) is 0. The molecule has 0 radical (unpaired) electrons. The first-order valence-corrected chi connectivity index (χ1v) is 27.7. The maximum atomic E-state index is 9.12. The van der Waals surface area contributed by atoms with Crippen LogP contribution in [0.1, 0.15) is 13.7 Å². The Bertz CT molecular complexity index is 5390. The number of ether oxygens (including phenoxy) is 2. The number of aromatic nitrogens is 3. The van der Waals surface area contributed by atoms with Crippen LogP contribution >= 0.6 is 0 Å². The second kappa shape index (κ2) is 22.1. The quantitative estimate of drug-likeness (QED) is 0.114. The molecule has 0 spiro atoms. The molecule has 8 heteroatoms. The van der Waals surface area contributed by atoms with E-state index in [1.54, 1.807) is 42.0 Å². The zero-order chi connectivity index (χ0) is 64.9. The van der Waals surface area contributed by atoms with Crippen LogP contribution in [0.2, 0.25) is 0 Å². The molecule has 0 amide bonds. The topological polar surface area (TPSA) is 47.7 Å². The molecule has 0 unspecified atom stereocenters. The SMILES string of the molecule is [2H]c1c([2H])c([2H])c(-c2cccc(-c3c([2H])c([2H])c([2H])c([2H])c3[2H])c2N2[CH-]N(c3[c-]c(Oc4[c-]c5c(cc4)c4ccccc4n5-c4cc(Oc5c(-c6ccccc6)cc(-n6c7ccccc7c7ccccc76)cc5-c5ccccc5)ccn4)ccc3)c3ccccc32)c([2H])c1[2H].[Pt]. The summed E-state index contributed by atoms with van der Waals surface area (Å²) >= 11 is 0. The minimum atomic E-state index is -0.576. The van der Waals surface area contributed by atoms with Gasteiger partial charge in [0.1, 0.15) is 17.3 Å². The van der Waals surface area contributed by atoms with Gasteiger partial charge in [-0.25, -0.2) is 4.98 Å². The molecule has 4 heterocycles. The largest absolute Gasteiger partial charge is 0.509 e. The summed E-state index contributed by atoms with van der Waals surface area (Å²) in [5, 5.41) is 4.21. The first kappa shape index (κ1) is 42.1. The number of pyridine rings is 1. The van der Waals surface area contributed by atoms with Crippen molar-refractivity contribution in [3.05, 3.63) is 316 Å². The number of rotatable bonds is 12. The molecular formula is C78H50N5O2Pt-3. The molecule has 1 aliphatic heterocycles. The fourth-order valence-corrected chi connectivity index (χ4v) is 11.8. The van der Waals surface area contributed by atoms with E-state index in [0.29, 0.717) is 51.4 Å². The van der Waals surface area contributed by atoms with E-state index in [1.807, 2.05) is 120 Å². The van der Waals surface area contributed by atoms with Gasteiger partial charge in [0.2, 0.25) is 0 Å². The van der Waals surface area contributed by atoms with Gasteiger partial charge < -0.3 is 28.4 Å². The van der Waals surface area contributed by atoms with Crippen molar-refractivity contribution in [3.63, 3.8) is 0 Å². The molecule has 0 atom stereocenters. The van der Waals surface area contributed by atoms with Crippen molar-refractivity contribution in [3.8, 4) is 79.0 Å². The Morgan fingerprint density at radius 2 is 0.930 bits per heavy atom. The molecule has 3 aromatic heterocycles. The van der Waals surface area contributed by atoms with Gasteiger partial charge in [-0.15, -0.1) is 48.1 Å². The van der Waals surface area contributed by atoms with Gasteiger partial charge in [0, 0.05) is 106 Å². The van der Waals surface area contributed by atoms with Gasteiger partial charge in [-0.05, 0) is 76.2 Å². The second-order valence-electron chi connectivity index (χ2n) is 20.4. The van der Waals surface area contributed by atoms with Crippen LogP contribution in [0, 0.1) is 18.8 Å². The van der Waals surface area contributed by atoms with Crippen LogP contribution in [0.15, 0.2) is 297 Å². The first-order valence-electron chi connectivity index (χ1n) is 32.7. The van der Waals surface area contributed by atoms with E-state index in [2.05, 4.69) is 112 Å². The Labute approximate surface area is 526 Å². The van der Waals surface area contributed by atoms with Crippen molar-refractivity contribution in [2.24, 2.45) is 0 Å². The number of hydrogen-bond acceptors (Lipinski definition) is 5.